The maximum Gasteiger partial charge on any atom is 0.211 e. The first-order chi connectivity index (χ1) is 12.4. The molecule has 0 amide bonds. The normalized spacial score (nSPS) is 15.1. The first-order valence-electron chi connectivity index (χ1n) is 7.04. The Hall–Kier alpha value is -3.76. The smallest absolute Gasteiger partial charge is 0.211 e. The summed E-state index contributed by atoms with van der Waals surface area (Å²) >= 11 is 5.89. The number of benzene rings is 1. The molecule has 0 spiro atoms. The molecule has 1 unspecified atom stereocenters. The fraction of sp³-hybridized carbons (Fsp3) is 0.0667. The lowest BCUT2D eigenvalue weighted by atomic mass is 9.94. The number of phenolic OH excluding ortho intramolecular Hbond substituents is 1. The quantitative estimate of drug-likeness (QED) is 0.371. The molecule has 11 heteroatoms. The van der Waals surface area contributed by atoms with E-state index in [1.165, 1.54) is 6.07 Å². The molecule has 3 rings (SSSR count). The highest BCUT2D eigenvalue weighted by Crippen LogP contribution is 2.42. The Bertz CT molecular complexity index is 1040. The van der Waals surface area contributed by atoms with Crippen LogP contribution in [0.25, 0.3) is 0 Å². The summed E-state index contributed by atoms with van der Waals surface area (Å²) in [4.78, 5) is 8.25. The van der Waals surface area contributed by atoms with Gasteiger partial charge < -0.3 is 21.9 Å². The molecule has 0 radical (unpaired) electrons. The van der Waals surface area contributed by atoms with Crippen LogP contribution in [0, 0.1) is 28.6 Å². The van der Waals surface area contributed by atoms with Crippen LogP contribution in [-0.4, -0.2) is 16.1 Å². The van der Waals surface area contributed by atoms with Gasteiger partial charge in [-0.2, -0.15) is 10.5 Å². The molecule has 0 saturated heterocycles. The summed E-state index contributed by atoms with van der Waals surface area (Å²) in [5.74, 6) is -1.29. The van der Waals surface area contributed by atoms with E-state index in [1.807, 2.05) is 6.07 Å². The highest BCUT2D eigenvalue weighted by atomic mass is 35.5. The number of aliphatic imine (C=N–C) groups is 1. The van der Waals surface area contributed by atoms with Crippen molar-refractivity contribution >= 4 is 34.9 Å². The molecule has 1 atom stereocenters. The van der Waals surface area contributed by atoms with Gasteiger partial charge in [0.05, 0.1) is 10.7 Å². The number of nitrogens with two attached hydrogens (primary N) is 2. The van der Waals surface area contributed by atoms with Crippen LogP contribution in [0.3, 0.4) is 0 Å². The lowest BCUT2D eigenvalue weighted by Crippen LogP contribution is -2.33. The second-order valence-electron chi connectivity index (χ2n) is 5.23. The molecule has 0 bridgehead atoms. The fourth-order valence-electron chi connectivity index (χ4n) is 2.57. The largest absolute Gasteiger partial charge is 0.506 e. The number of halogens is 2. The lowest BCUT2D eigenvalue weighted by Gasteiger charge is -2.26. The third kappa shape index (κ3) is 2.64. The first kappa shape index (κ1) is 17.1. The summed E-state index contributed by atoms with van der Waals surface area (Å²) in [6, 6.07) is 2.77. The van der Waals surface area contributed by atoms with Crippen LogP contribution in [-0.2, 0) is 0 Å². The van der Waals surface area contributed by atoms with E-state index in [0.29, 0.717) is 0 Å². The zero-order valence-electron chi connectivity index (χ0n) is 12.9. The van der Waals surface area contributed by atoms with Crippen LogP contribution in [0.2, 0.25) is 5.02 Å². The van der Waals surface area contributed by atoms with Crippen LogP contribution < -0.4 is 22.1 Å². The molecule has 2 aromatic rings. The third-order valence-electron chi connectivity index (χ3n) is 3.72. The number of phenols is 1. The molecule has 26 heavy (non-hydrogen) atoms. The molecule has 1 aromatic heterocycles. The van der Waals surface area contributed by atoms with E-state index in [4.69, 9.17) is 28.3 Å². The summed E-state index contributed by atoms with van der Waals surface area (Å²) in [5, 5.41) is 32.5. The minimum Gasteiger partial charge on any atom is -0.506 e. The highest BCUT2D eigenvalue weighted by Gasteiger charge is 2.31. The molecule has 0 fully saturated rings. The van der Waals surface area contributed by atoms with Crippen LogP contribution in [0.5, 0.6) is 5.75 Å². The van der Waals surface area contributed by atoms with Crippen molar-refractivity contribution in [3.05, 3.63) is 39.7 Å². The van der Waals surface area contributed by atoms with Gasteiger partial charge in [-0.15, -0.1) is 0 Å². The van der Waals surface area contributed by atoms with Gasteiger partial charge in [0, 0.05) is 17.2 Å². The van der Waals surface area contributed by atoms with Crippen molar-refractivity contribution in [2.75, 3.05) is 16.8 Å². The monoisotopic (exact) mass is 372 g/mol. The van der Waals surface area contributed by atoms with Crippen LogP contribution >= 0.6 is 11.6 Å². The van der Waals surface area contributed by atoms with Gasteiger partial charge >= 0.3 is 0 Å². The number of hydrogen-bond donors (Lipinski definition) is 5. The molecule has 7 N–H and O–H groups in total. The highest BCUT2D eigenvalue weighted by molar-refractivity contribution is 6.32. The lowest BCUT2D eigenvalue weighted by molar-refractivity contribution is 0.467. The number of nitriles is 2. The average molecular weight is 373 g/mol. The molecular weight excluding hydrogens is 363 g/mol. The molecule has 2 heterocycles. The Balaban J connectivity index is 2.30. The molecule has 0 aliphatic carbocycles. The molecule has 1 aliphatic rings. The molecule has 130 valence electrons. The Kier molecular flexibility index (Phi) is 4.12. The van der Waals surface area contributed by atoms with E-state index in [1.54, 1.807) is 6.19 Å². The SMILES string of the molecule is N#CNC1=NC(c2cc(Cl)c(O)cc2F)c2c(nc(N)c(C#N)c2N)N1. The number of pyridine rings is 1. The Morgan fingerprint density at radius 3 is 2.73 bits per heavy atom. The van der Waals surface area contributed by atoms with E-state index in [-0.39, 0.29) is 45.0 Å². The summed E-state index contributed by atoms with van der Waals surface area (Å²) in [7, 11) is 0. The summed E-state index contributed by atoms with van der Waals surface area (Å²) < 4.78 is 14.5. The predicted molar refractivity (Wildman–Crippen MR) is 92.5 cm³/mol. The number of rotatable bonds is 1. The Labute approximate surface area is 151 Å². The number of aromatic nitrogens is 1. The number of nitrogens with one attached hydrogen (secondary N) is 2. The van der Waals surface area contributed by atoms with Crippen molar-refractivity contribution < 1.29 is 9.50 Å². The van der Waals surface area contributed by atoms with E-state index in [2.05, 4.69) is 20.6 Å². The zero-order chi connectivity index (χ0) is 19.0. The van der Waals surface area contributed by atoms with Gasteiger partial charge in [0.25, 0.3) is 0 Å². The first-order valence-corrected chi connectivity index (χ1v) is 7.42. The number of nitrogens with zero attached hydrogens (tertiary/aromatic N) is 4. The Morgan fingerprint density at radius 1 is 1.35 bits per heavy atom. The van der Waals surface area contributed by atoms with Gasteiger partial charge in [0.1, 0.15) is 40.9 Å². The molecule has 1 aromatic carbocycles. The van der Waals surface area contributed by atoms with Crippen LogP contribution in [0.4, 0.5) is 21.7 Å². The van der Waals surface area contributed by atoms with Crippen molar-refractivity contribution in [2.24, 2.45) is 4.99 Å². The van der Waals surface area contributed by atoms with Crippen molar-refractivity contribution in [1.82, 2.24) is 10.3 Å². The molecule has 1 aliphatic heterocycles. The maximum atomic E-state index is 14.5. The second kappa shape index (κ2) is 6.27. The summed E-state index contributed by atoms with van der Waals surface area (Å²) in [6.07, 6.45) is 1.68. The van der Waals surface area contributed by atoms with Crippen molar-refractivity contribution in [3.63, 3.8) is 0 Å². The predicted octanol–water partition coefficient (Wildman–Crippen LogP) is 1.56. The number of fused-ring (bicyclic) bond motifs is 1. The molecular formula is C15H10ClFN8O. The Morgan fingerprint density at radius 2 is 2.08 bits per heavy atom. The summed E-state index contributed by atoms with van der Waals surface area (Å²) in [5.41, 5.74) is 11.8. The van der Waals surface area contributed by atoms with Gasteiger partial charge in [-0.25, -0.2) is 14.4 Å². The topological polar surface area (TPSA) is 169 Å². The number of hydrogen-bond acceptors (Lipinski definition) is 9. The van der Waals surface area contributed by atoms with E-state index in [9.17, 15) is 14.8 Å². The number of guanidine groups is 1. The number of anilines is 3. The van der Waals surface area contributed by atoms with Crippen LogP contribution in [0.1, 0.15) is 22.7 Å². The number of aromatic hydroxyl groups is 1. The van der Waals surface area contributed by atoms with Gasteiger partial charge in [-0.05, 0) is 6.07 Å². The minimum atomic E-state index is -1.08. The summed E-state index contributed by atoms with van der Waals surface area (Å²) in [6.45, 7) is 0. The molecule has 0 saturated carbocycles. The van der Waals surface area contributed by atoms with E-state index in [0.717, 1.165) is 6.07 Å². The second-order valence-corrected chi connectivity index (χ2v) is 5.63. The van der Waals surface area contributed by atoms with Gasteiger partial charge in [0.15, 0.2) is 6.19 Å². The van der Waals surface area contributed by atoms with Crippen LogP contribution in [0.15, 0.2) is 17.1 Å². The third-order valence-corrected chi connectivity index (χ3v) is 4.02. The maximum absolute atomic E-state index is 14.5. The van der Waals surface area contributed by atoms with Gasteiger partial charge in [-0.1, -0.05) is 11.6 Å². The molecule has 9 nitrogen and oxygen atoms in total. The van der Waals surface area contributed by atoms with E-state index >= 15 is 0 Å². The number of nitrogen functional groups attached to an aromatic ring is 2. The van der Waals surface area contributed by atoms with Crippen molar-refractivity contribution in [3.8, 4) is 18.0 Å². The minimum absolute atomic E-state index is 0.0235. The van der Waals surface area contributed by atoms with Gasteiger partial charge in [0.2, 0.25) is 5.96 Å². The van der Waals surface area contributed by atoms with Gasteiger partial charge in [-0.3, -0.25) is 5.32 Å². The standard InChI is InChI=1S/C15H10ClFN8O/c16-7-1-5(8(17)2-9(7)26)12-10-11(20)6(3-18)13(21)24-14(10)25-15(23-12)22-4-19/h1-2,12,26H,(H6,20,21,22,23,24,25). The van der Waals surface area contributed by atoms with Crippen molar-refractivity contribution in [2.45, 2.75) is 6.04 Å². The van der Waals surface area contributed by atoms with E-state index < -0.39 is 17.6 Å². The fourth-order valence-corrected chi connectivity index (χ4v) is 2.74. The van der Waals surface area contributed by atoms with Crippen molar-refractivity contribution in [1.29, 1.82) is 10.5 Å². The average Bonchev–Trinajstić information content (AvgIpc) is 2.58. The zero-order valence-corrected chi connectivity index (χ0v) is 13.6.